The first-order chi connectivity index (χ1) is 10.5. The number of benzene rings is 2. The molecular formula is C16H15NO5. The largest absolute Gasteiger partial charge is 0.497 e. The summed E-state index contributed by atoms with van der Waals surface area (Å²) in [6, 6.07) is 10.9. The lowest BCUT2D eigenvalue weighted by Crippen LogP contribution is -2.06. The molecule has 0 fully saturated rings. The number of nitrogens with zero attached hydrogens (tertiary/aromatic N) is 1. The van der Waals surface area contributed by atoms with Gasteiger partial charge in [0.15, 0.2) is 5.78 Å². The van der Waals surface area contributed by atoms with E-state index in [0.29, 0.717) is 22.6 Å². The van der Waals surface area contributed by atoms with Crippen molar-refractivity contribution in [1.29, 1.82) is 0 Å². The predicted octanol–water partition coefficient (Wildman–Crippen LogP) is 3.04. The van der Waals surface area contributed by atoms with Crippen molar-refractivity contribution in [3.8, 4) is 11.5 Å². The average molecular weight is 301 g/mol. The minimum absolute atomic E-state index is 0.00448. The van der Waals surface area contributed by atoms with Gasteiger partial charge in [-0.3, -0.25) is 14.9 Å². The first-order valence-electron chi connectivity index (χ1n) is 6.53. The molecule has 22 heavy (non-hydrogen) atoms. The van der Waals surface area contributed by atoms with Gasteiger partial charge in [-0.05, 0) is 23.8 Å². The van der Waals surface area contributed by atoms with E-state index in [1.165, 1.54) is 26.4 Å². The molecule has 0 aliphatic rings. The van der Waals surface area contributed by atoms with Crippen LogP contribution in [0.1, 0.15) is 15.9 Å². The molecule has 0 spiro atoms. The molecular weight excluding hydrogens is 286 g/mol. The molecule has 0 saturated carbocycles. The molecule has 0 N–H and O–H groups in total. The van der Waals surface area contributed by atoms with Crippen LogP contribution in [0.2, 0.25) is 0 Å². The van der Waals surface area contributed by atoms with Crippen molar-refractivity contribution in [1.82, 2.24) is 0 Å². The first kappa shape index (κ1) is 15.5. The smallest absolute Gasteiger partial charge is 0.269 e. The van der Waals surface area contributed by atoms with E-state index in [1.54, 1.807) is 30.3 Å². The Morgan fingerprint density at radius 2 is 1.77 bits per heavy atom. The molecule has 0 heterocycles. The Bertz CT molecular complexity index is 694. The molecule has 2 aromatic carbocycles. The molecule has 0 saturated heterocycles. The molecule has 0 unspecified atom stereocenters. The van der Waals surface area contributed by atoms with Gasteiger partial charge in [0, 0.05) is 18.6 Å². The number of hydrogen-bond donors (Lipinski definition) is 0. The van der Waals surface area contributed by atoms with Crippen LogP contribution in [0.4, 0.5) is 5.69 Å². The lowest BCUT2D eigenvalue weighted by atomic mass is 10.0. The third kappa shape index (κ3) is 3.41. The second-order valence-electron chi connectivity index (χ2n) is 4.59. The number of carbonyl (C=O) groups excluding carboxylic acids is 1. The highest BCUT2D eigenvalue weighted by Crippen LogP contribution is 2.25. The summed E-state index contributed by atoms with van der Waals surface area (Å²) in [7, 11) is 3.01. The SMILES string of the molecule is COc1ccc(OC)c(C(=O)Cc2ccc([N+](=O)[O-])cc2)c1. The quantitative estimate of drug-likeness (QED) is 0.465. The fourth-order valence-corrected chi connectivity index (χ4v) is 2.05. The van der Waals surface area contributed by atoms with Gasteiger partial charge in [0.05, 0.1) is 24.7 Å². The Hall–Kier alpha value is -2.89. The van der Waals surface area contributed by atoms with Crippen LogP contribution >= 0.6 is 0 Å². The van der Waals surface area contributed by atoms with Crippen LogP contribution in [0.25, 0.3) is 0 Å². The fourth-order valence-electron chi connectivity index (χ4n) is 2.05. The second-order valence-corrected chi connectivity index (χ2v) is 4.59. The van der Waals surface area contributed by atoms with Gasteiger partial charge in [0.2, 0.25) is 0 Å². The number of hydrogen-bond acceptors (Lipinski definition) is 5. The number of methoxy groups -OCH3 is 2. The van der Waals surface area contributed by atoms with Crippen molar-refractivity contribution >= 4 is 11.5 Å². The van der Waals surface area contributed by atoms with Crippen LogP contribution in [0.15, 0.2) is 42.5 Å². The molecule has 0 atom stereocenters. The van der Waals surface area contributed by atoms with Crippen molar-refractivity contribution in [3.05, 3.63) is 63.7 Å². The number of ether oxygens (including phenoxy) is 2. The van der Waals surface area contributed by atoms with Gasteiger partial charge in [-0.25, -0.2) is 0 Å². The lowest BCUT2D eigenvalue weighted by molar-refractivity contribution is -0.384. The number of rotatable bonds is 6. The molecule has 114 valence electrons. The molecule has 2 rings (SSSR count). The van der Waals surface area contributed by atoms with Gasteiger partial charge in [0.25, 0.3) is 5.69 Å². The van der Waals surface area contributed by atoms with Crippen molar-refractivity contribution in [2.75, 3.05) is 14.2 Å². The highest BCUT2D eigenvalue weighted by molar-refractivity contribution is 6.00. The molecule has 0 amide bonds. The van der Waals surface area contributed by atoms with E-state index in [9.17, 15) is 14.9 Å². The molecule has 6 heteroatoms. The van der Waals surface area contributed by atoms with Crippen LogP contribution in [-0.4, -0.2) is 24.9 Å². The van der Waals surface area contributed by atoms with E-state index in [0.717, 1.165) is 0 Å². The molecule has 6 nitrogen and oxygen atoms in total. The molecule has 0 aromatic heterocycles. The van der Waals surface area contributed by atoms with E-state index in [-0.39, 0.29) is 17.9 Å². The van der Waals surface area contributed by atoms with Gasteiger partial charge >= 0.3 is 0 Å². The Balaban J connectivity index is 2.23. The zero-order chi connectivity index (χ0) is 16.1. The van der Waals surface area contributed by atoms with E-state index in [4.69, 9.17) is 9.47 Å². The van der Waals surface area contributed by atoms with E-state index in [1.807, 2.05) is 0 Å². The summed E-state index contributed by atoms with van der Waals surface area (Å²) >= 11 is 0. The lowest BCUT2D eigenvalue weighted by Gasteiger charge is -2.09. The van der Waals surface area contributed by atoms with Crippen LogP contribution in [0.3, 0.4) is 0 Å². The second kappa shape index (κ2) is 6.71. The number of Topliss-reactive ketones (excluding diaryl/α,β-unsaturated/α-hetero) is 1. The summed E-state index contributed by atoms with van der Waals surface area (Å²) in [4.78, 5) is 22.6. The Morgan fingerprint density at radius 3 is 2.32 bits per heavy atom. The number of nitro benzene ring substituents is 1. The van der Waals surface area contributed by atoms with Gasteiger partial charge in [0.1, 0.15) is 11.5 Å². The highest BCUT2D eigenvalue weighted by atomic mass is 16.6. The fraction of sp³-hybridized carbons (Fsp3) is 0.188. The minimum Gasteiger partial charge on any atom is -0.497 e. The maximum atomic E-state index is 12.4. The van der Waals surface area contributed by atoms with Crippen LogP contribution < -0.4 is 9.47 Å². The monoisotopic (exact) mass is 301 g/mol. The number of carbonyl (C=O) groups is 1. The standard InChI is InChI=1S/C16H15NO5/c1-21-13-7-8-16(22-2)14(10-13)15(18)9-11-3-5-12(6-4-11)17(19)20/h3-8,10H,9H2,1-2H3. The van der Waals surface area contributed by atoms with Crippen LogP contribution in [-0.2, 0) is 6.42 Å². The van der Waals surface area contributed by atoms with Crippen molar-refractivity contribution in [2.45, 2.75) is 6.42 Å². The molecule has 0 bridgehead atoms. The normalized spacial score (nSPS) is 10.1. The topological polar surface area (TPSA) is 78.7 Å². The maximum absolute atomic E-state index is 12.4. The van der Waals surface area contributed by atoms with Gasteiger partial charge in [-0.1, -0.05) is 12.1 Å². The summed E-state index contributed by atoms with van der Waals surface area (Å²) < 4.78 is 10.3. The summed E-state index contributed by atoms with van der Waals surface area (Å²) in [5.41, 5.74) is 1.11. The maximum Gasteiger partial charge on any atom is 0.269 e. The zero-order valence-corrected chi connectivity index (χ0v) is 12.2. The summed E-state index contributed by atoms with van der Waals surface area (Å²) in [5.74, 6) is 0.880. The van der Waals surface area contributed by atoms with Gasteiger partial charge < -0.3 is 9.47 Å². The zero-order valence-electron chi connectivity index (χ0n) is 12.2. The molecule has 0 radical (unpaired) electrons. The predicted molar refractivity (Wildman–Crippen MR) is 80.7 cm³/mol. The molecule has 0 aliphatic heterocycles. The average Bonchev–Trinajstić information content (AvgIpc) is 2.54. The molecule has 0 aliphatic carbocycles. The number of non-ortho nitro benzene ring substituents is 1. The van der Waals surface area contributed by atoms with Crippen molar-refractivity contribution < 1.29 is 19.2 Å². The summed E-state index contributed by atoms with van der Waals surface area (Å²) in [6.07, 6.45) is 0.127. The highest BCUT2D eigenvalue weighted by Gasteiger charge is 2.15. The third-order valence-corrected chi connectivity index (χ3v) is 3.22. The van der Waals surface area contributed by atoms with Gasteiger partial charge in [-0.15, -0.1) is 0 Å². The third-order valence-electron chi connectivity index (χ3n) is 3.22. The Labute approximate surface area is 127 Å². The Morgan fingerprint density at radius 1 is 1.09 bits per heavy atom. The minimum atomic E-state index is -0.476. The van der Waals surface area contributed by atoms with Crippen LogP contribution in [0, 0.1) is 10.1 Å². The van der Waals surface area contributed by atoms with Crippen molar-refractivity contribution in [3.63, 3.8) is 0 Å². The summed E-state index contributed by atoms with van der Waals surface area (Å²) in [5, 5.41) is 10.6. The van der Waals surface area contributed by atoms with Crippen LogP contribution in [0.5, 0.6) is 11.5 Å². The first-order valence-corrected chi connectivity index (χ1v) is 6.53. The number of nitro groups is 1. The summed E-state index contributed by atoms with van der Waals surface area (Å²) in [6.45, 7) is 0. The van der Waals surface area contributed by atoms with E-state index >= 15 is 0 Å². The van der Waals surface area contributed by atoms with E-state index < -0.39 is 4.92 Å². The van der Waals surface area contributed by atoms with Gasteiger partial charge in [-0.2, -0.15) is 0 Å². The Kier molecular flexibility index (Phi) is 4.73. The molecule has 2 aromatic rings. The van der Waals surface area contributed by atoms with E-state index in [2.05, 4.69) is 0 Å². The van der Waals surface area contributed by atoms with Crippen molar-refractivity contribution in [2.24, 2.45) is 0 Å². The number of ketones is 1.